The molecule has 7 heteroatoms. The summed E-state index contributed by atoms with van der Waals surface area (Å²) in [5.41, 5.74) is 1.27. The van der Waals surface area contributed by atoms with Crippen molar-refractivity contribution in [3.05, 3.63) is 53.1 Å². The second-order valence-electron chi connectivity index (χ2n) is 6.90. The van der Waals surface area contributed by atoms with E-state index in [1.54, 1.807) is 6.20 Å². The van der Waals surface area contributed by atoms with Crippen LogP contribution in [-0.4, -0.2) is 50.2 Å². The molecule has 1 unspecified atom stereocenters. The summed E-state index contributed by atoms with van der Waals surface area (Å²) in [6, 6.07) is 14.9. The van der Waals surface area contributed by atoms with Crippen LogP contribution in [0.25, 0.3) is 0 Å². The maximum Gasteiger partial charge on any atom is 0.191 e. The van der Waals surface area contributed by atoms with Crippen LogP contribution in [0.4, 0.5) is 11.5 Å². The van der Waals surface area contributed by atoms with E-state index in [9.17, 15) is 0 Å². The van der Waals surface area contributed by atoms with Gasteiger partial charge in [-0.1, -0.05) is 22.0 Å². The first-order valence-electron chi connectivity index (χ1n) is 9.87. The van der Waals surface area contributed by atoms with Crippen molar-refractivity contribution in [1.29, 1.82) is 0 Å². The number of unbranched alkanes of at least 4 members (excludes halogenated alkanes) is 1. The number of rotatable bonds is 8. The molecule has 0 aliphatic carbocycles. The standard InChI is InChI=1S/C21H29BrN6/c1-23-21(26-14-5-4-13-25-20-6-2-3-12-24-20)27-18-11-15-28(16-18)19-9-7-17(22)8-10-19/h2-3,6-10,12,18H,4-5,11,13-16H2,1H3,(H,24,25)(H2,23,26,27). The summed E-state index contributed by atoms with van der Waals surface area (Å²) in [6.45, 7) is 3.90. The highest BCUT2D eigenvalue weighted by Crippen LogP contribution is 2.22. The van der Waals surface area contributed by atoms with E-state index in [0.717, 1.165) is 61.7 Å². The van der Waals surface area contributed by atoms with E-state index in [0.29, 0.717) is 6.04 Å². The van der Waals surface area contributed by atoms with Crippen LogP contribution >= 0.6 is 15.9 Å². The molecule has 0 radical (unpaired) electrons. The van der Waals surface area contributed by atoms with Gasteiger partial charge >= 0.3 is 0 Å². The zero-order valence-electron chi connectivity index (χ0n) is 16.4. The number of nitrogens with one attached hydrogen (secondary N) is 3. The largest absolute Gasteiger partial charge is 0.370 e. The highest BCUT2D eigenvalue weighted by molar-refractivity contribution is 9.10. The normalized spacial score (nSPS) is 16.9. The molecule has 2 aromatic rings. The van der Waals surface area contributed by atoms with Crippen molar-refractivity contribution < 1.29 is 0 Å². The Morgan fingerprint density at radius 3 is 2.75 bits per heavy atom. The van der Waals surface area contributed by atoms with Crippen molar-refractivity contribution in [2.45, 2.75) is 25.3 Å². The molecule has 2 heterocycles. The van der Waals surface area contributed by atoms with Crippen molar-refractivity contribution in [2.24, 2.45) is 4.99 Å². The summed E-state index contributed by atoms with van der Waals surface area (Å²) in [5.74, 6) is 1.82. The number of guanidine groups is 1. The second-order valence-corrected chi connectivity index (χ2v) is 7.82. The van der Waals surface area contributed by atoms with Gasteiger partial charge in [-0.3, -0.25) is 4.99 Å². The molecule has 6 nitrogen and oxygen atoms in total. The lowest BCUT2D eigenvalue weighted by atomic mass is 10.2. The molecular weight excluding hydrogens is 416 g/mol. The van der Waals surface area contributed by atoms with Gasteiger partial charge in [-0.15, -0.1) is 0 Å². The predicted molar refractivity (Wildman–Crippen MR) is 121 cm³/mol. The molecule has 1 fully saturated rings. The molecule has 1 aromatic heterocycles. The average Bonchev–Trinajstić information content (AvgIpc) is 3.19. The Kier molecular flexibility index (Phi) is 7.96. The monoisotopic (exact) mass is 444 g/mol. The zero-order valence-corrected chi connectivity index (χ0v) is 18.0. The molecule has 150 valence electrons. The summed E-state index contributed by atoms with van der Waals surface area (Å²) in [7, 11) is 1.83. The number of aliphatic imine (C=N–C) groups is 1. The summed E-state index contributed by atoms with van der Waals surface area (Å²) in [4.78, 5) is 11.1. The first-order chi connectivity index (χ1) is 13.7. The Morgan fingerprint density at radius 2 is 2.00 bits per heavy atom. The minimum Gasteiger partial charge on any atom is -0.370 e. The van der Waals surface area contributed by atoms with Crippen molar-refractivity contribution in [3.63, 3.8) is 0 Å². The van der Waals surface area contributed by atoms with Gasteiger partial charge in [0, 0.05) is 55.6 Å². The highest BCUT2D eigenvalue weighted by atomic mass is 79.9. The molecule has 3 rings (SSSR count). The molecule has 0 spiro atoms. The van der Waals surface area contributed by atoms with Gasteiger partial charge in [0.1, 0.15) is 5.82 Å². The Labute approximate surface area is 176 Å². The average molecular weight is 445 g/mol. The first-order valence-corrected chi connectivity index (χ1v) is 10.7. The number of hydrogen-bond donors (Lipinski definition) is 3. The number of hydrogen-bond acceptors (Lipinski definition) is 4. The number of nitrogens with zero attached hydrogens (tertiary/aromatic N) is 3. The lowest BCUT2D eigenvalue weighted by molar-refractivity contribution is 0.639. The van der Waals surface area contributed by atoms with Gasteiger partial charge in [-0.25, -0.2) is 4.98 Å². The molecule has 3 N–H and O–H groups in total. The molecule has 0 amide bonds. The van der Waals surface area contributed by atoms with Crippen LogP contribution in [0.5, 0.6) is 0 Å². The number of benzene rings is 1. The third-order valence-electron chi connectivity index (χ3n) is 4.81. The fourth-order valence-corrected chi connectivity index (χ4v) is 3.56. The zero-order chi connectivity index (χ0) is 19.6. The molecule has 1 saturated heterocycles. The van der Waals surface area contributed by atoms with Crippen LogP contribution in [0, 0.1) is 0 Å². The van der Waals surface area contributed by atoms with E-state index >= 15 is 0 Å². The highest BCUT2D eigenvalue weighted by Gasteiger charge is 2.23. The SMILES string of the molecule is CN=C(NCCCCNc1ccccn1)NC1CCN(c2ccc(Br)cc2)C1. The van der Waals surface area contributed by atoms with E-state index in [1.807, 2.05) is 25.2 Å². The van der Waals surface area contributed by atoms with Crippen LogP contribution in [0.1, 0.15) is 19.3 Å². The van der Waals surface area contributed by atoms with Crippen LogP contribution < -0.4 is 20.9 Å². The third kappa shape index (κ3) is 6.41. The van der Waals surface area contributed by atoms with Gasteiger partial charge in [0.15, 0.2) is 5.96 Å². The van der Waals surface area contributed by atoms with Gasteiger partial charge in [-0.2, -0.15) is 0 Å². The maximum atomic E-state index is 4.37. The molecule has 1 aromatic carbocycles. The topological polar surface area (TPSA) is 64.6 Å². The molecule has 1 atom stereocenters. The quantitative estimate of drug-likeness (QED) is 0.330. The van der Waals surface area contributed by atoms with E-state index < -0.39 is 0 Å². The number of aromatic nitrogens is 1. The molecule has 0 saturated carbocycles. The Balaban J connectivity index is 1.32. The maximum absolute atomic E-state index is 4.37. The minimum absolute atomic E-state index is 0.417. The first kappa shape index (κ1) is 20.5. The van der Waals surface area contributed by atoms with E-state index in [-0.39, 0.29) is 0 Å². The van der Waals surface area contributed by atoms with Crippen molar-refractivity contribution >= 4 is 33.4 Å². The third-order valence-corrected chi connectivity index (χ3v) is 5.34. The summed E-state index contributed by atoms with van der Waals surface area (Å²) in [6.07, 6.45) is 5.09. The summed E-state index contributed by atoms with van der Waals surface area (Å²) in [5, 5.41) is 10.3. The van der Waals surface area contributed by atoms with Crippen molar-refractivity contribution in [3.8, 4) is 0 Å². The Hall–Kier alpha value is -2.28. The van der Waals surface area contributed by atoms with E-state index in [4.69, 9.17) is 0 Å². The van der Waals surface area contributed by atoms with Crippen molar-refractivity contribution in [2.75, 3.05) is 43.4 Å². The number of anilines is 2. The fourth-order valence-electron chi connectivity index (χ4n) is 3.29. The van der Waals surface area contributed by atoms with Gasteiger partial charge in [0.2, 0.25) is 0 Å². The van der Waals surface area contributed by atoms with E-state index in [2.05, 4.69) is 71.0 Å². The van der Waals surface area contributed by atoms with Crippen LogP contribution in [-0.2, 0) is 0 Å². The molecule has 1 aliphatic heterocycles. The lowest BCUT2D eigenvalue weighted by Gasteiger charge is -2.20. The molecule has 28 heavy (non-hydrogen) atoms. The smallest absolute Gasteiger partial charge is 0.191 e. The molecule has 0 bridgehead atoms. The summed E-state index contributed by atoms with van der Waals surface area (Å²) < 4.78 is 1.12. The predicted octanol–water partition coefficient (Wildman–Crippen LogP) is 3.48. The van der Waals surface area contributed by atoms with Crippen LogP contribution in [0.15, 0.2) is 58.1 Å². The van der Waals surface area contributed by atoms with Crippen molar-refractivity contribution in [1.82, 2.24) is 15.6 Å². The number of pyridine rings is 1. The van der Waals surface area contributed by atoms with Crippen LogP contribution in [0.3, 0.4) is 0 Å². The van der Waals surface area contributed by atoms with Crippen LogP contribution in [0.2, 0.25) is 0 Å². The van der Waals surface area contributed by atoms with Gasteiger partial charge in [0.05, 0.1) is 0 Å². The summed E-state index contributed by atoms with van der Waals surface area (Å²) >= 11 is 3.50. The number of halogens is 1. The second kappa shape index (κ2) is 10.9. The molecule has 1 aliphatic rings. The van der Waals surface area contributed by atoms with E-state index in [1.165, 1.54) is 5.69 Å². The Bertz CT molecular complexity index is 734. The molecular formula is C21H29BrN6. The fraction of sp³-hybridized carbons (Fsp3) is 0.429. The minimum atomic E-state index is 0.417. The lowest BCUT2D eigenvalue weighted by Crippen LogP contribution is -2.44. The Morgan fingerprint density at radius 1 is 1.18 bits per heavy atom. The van der Waals surface area contributed by atoms with Gasteiger partial charge < -0.3 is 20.9 Å². The van der Waals surface area contributed by atoms with Gasteiger partial charge in [0.25, 0.3) is 0 Å². The van der Waals surface area contributed by atoms with Gasteiger partial charge in [-0.05, 0) is 55.7 Å².